The second-order valence-corrected chi connectivity index (χ2v) is 7.60. The molecule has 0 atom stereocenters. The molecule has 31 heavy (non-hydrogen) atoms. The highest BCUT2D eigenvalue weighted by Gasteiger charge is 2.25. The van der Waals surface area contributed by atoms with Crippen molar-refractivity contribution in [3.63, 3.8) is 0 Å². The molecule has 3 aromatic rings. The Morgan fingerprint density at radius 1 is 0.871 bits per heavy atom. The van der Waals surface area contributed by atoms with Crippen LogP contribution in [0.25, 0.3) is 11.1 Å². The van der Waals surface area contributed by atoms with E-state index in [-0.39, 0.29) is 5.91 Å². The van der Waals surface area contributed by atoms with Crippen LogP contribution >= 0.6 is 0 Å². The van der Waals surface area contributed by atoms with E-state index >= 15 is 0 Å². The maximum absolute atomic E-state index is 13.3. The minimum atomic E-state index is -0.0632. The number of carbonyl (C=O) groups is 1. The maximum atomic E-state index is 13.3. The Hall–Kier alpha value is -3.45. The predicted molar refractivity (Wildman–Crippen MR) is 117 cm³/mol. The van der Waals surface area contributed by atoms with Gasteiger partial charge in [0.25, 0.3) is 5.91 Å². The number of carbonyl (C=O) groups excluding carboxylic acids is 1. The third kappa shape index (κ3) is 4.22. The van der Waals surface area contributed by atoms with E-state index in [0.717, 1.165) is 37.4 Å². The van der Waals surface area contributed by atoms with Crippen molar-refractivity contribution in [1.29, 1.82) is 0 Å². The van der Waals surface area contributed by atoms with E-state index < -0.39 is 0 Å². The summed E-state index contributed by atoms with van der Waals surface area (Å²) in [5, 5.41) is 0. The summed E-state index contributed by atoms with van der Waals surface area (Å²) in [4.78, 5) is 25.8. The number of rotatable bonds is 4. The van der Waals surface area contributed by atoms with Gasteiger partial charge in [-0.3, -0.25) is 4.79 Å². The van der Waals surface area contributed by atoms with Gasteiger partial charge >= 0.3 is 0 Å². The summed E-state index contributed by atoms with van der Waals surface area (Å²) in [6.45, 7) is 4.64. The lowest BCUT2D eigenvalue weighted by atomic mass is 10.0. The van der Waals surface area contributed by atoms with Crippen molar-refractivity contribution in [3.05, 3.63) is 72.3 Å². The summed E-state index contributed by atoms with van der Waals surface area (Å²) in [6, 6.07) is 16.0. The normalized spacial score (nSPS) is 16.5. The van der Waals surface area contributed by atoms with Gasteiger partial charge in [-0.1, -0.05) is 18.2 Å². The van der Waals surface area contributed by atoms with Crippen LogP contribution in [0.15, 0.2) is 60.9 Å². The topological polar surface area (TPSA) is 67.8 Å². The third-order valence-corrected chi connectivity index (χ3v) is 5.64. The molecule has 2 aliphatic rings. The van der Waals surface area contributed by atoms with Crippen molar-refractivity contribution < 1.29 is 14.3 Å². The lowest BCUT2D eigenvalue weighted by Gasteiger charge is -2.29. The number of anilines is 1. The van der Waals surface area contributed by atoms with Crippen LogP contribution < -0.4 is 9.64 Å². The van der Waals surface area contributed by atoms with Gasteiger partial charge in [0.15, 0.2) is 0 Å². The van der Waals surface area contributed by atoms with E-state index in [0.29, 0.717) is 36.8 Å². The van der Waals surface area contributed by atoms with Crippen molar-refractivity contribution in [2.45, 2.75) is 6.54 Å². The van der Waals surface area contributed by atoms with Gasteiger partial charge in [-0.05, 0) is 41.5 Å². The van der Waals surface area contributed by atoms with E-state index in [4.69, 9.17) is 9.47 Å². The van der Waals surface area contributed by atoms with Gasteiger partial charge < -0.3 is 19.3 Å². The first-order chi connectivity index (χ1) is 15.3. The van der Waals surface area contributed by atoms with Crippen LogP contribution in [0.3, 0.4) is 0 Å². The minimum Gasteiger partial charge on any atom is -0.491 e. The molecule has 2 aliphatic heterocycles. The Bertz CT molecular complexity index is 1050. The first-order valence-corrected chi connectivity index (χ1v) is 10.5. The van der Waals surface area contributed by atoms with Gasteiger partial charge in [-0.15, -0.1) is 0 Å². The number of benzene rings is 2. The van der Waals surface area contributed by atoms with Crippen LogP contribution in [0.2, 0.25) is 0 Å². The smallest absolute Gasteiger partial charge is 0.258 e. The fraction of sp³-hybridized carbons (Fsp3) is 0.292. The molecule has 2 aromatic carbocycles. The molecule has 1 amide bonds. The van der Waals surface area contributed by atoms with Crippen molar-refractivity contribution in [3.8, 4) is 16.9 Å². The van der Waals surface area contributed by atoms with Gasteiger partial charge in [-0.2, -0.15) is 0 Å². The Morgan fingerprint density at radius 3 is 2.39 bits per heavy atom. The largest absolute Gasteiger partial charge is 0.491 e. The Kier molecular flexibility index (Phi) is 5.50. The van der Waals surface area contributed by atoms with Crippen molar-refractivity contribution in [2.75, 3.05) is 44.4 Å². The second-order valence-electron chi connectivity index (χ2n) is 7.60. The van der Waals surface area contributed by atoms with Gasteiger partial charge in [-0.25, -0.2) is 9.97 Å². The number of fused-ring (bicyclic) bond motifs is 1. The standard InChI is InChI=1S/C24H24N4O3/c29-24-21-16-19(18-2-5-20(6-3-18)27-10-13-30-14-11-27)4-7-22(21)31-15-12-28(24)17-23-25-8-1-9-26-23/h1-9,16H,10-15,17H2. The summed E-state index contributed by atoms with van der Waals surface area (Å²) in [5.41, 5.74) is 3.82. The van der Waals surface area contributed by atoms with Crippen LogP contribution in [0.4, 0.5) is 5.69 Å². The highest BCUT2D eigenvalue weighted by atomic mass is 16.5. The quantitative estimate of drug-likeness (QED) is 0.651. The lowest BCUT2D eigenvalue weighted by Crippen LogP contribution is -2.36. The monoisotopic (exact) mass is 416 g/mol. The van der Waals surface area contributed by atoms with Gasteiger partial charge in [0.2, 0.25) is 0 Å². The molecule has 5 rings (SSSR count). The molecule has 1 saturated heterocycles. The number of hydrogen-bond acceptors (Lipinski definition) is 6. The Morgan fingerprint density at radius 2 is 1.61 bits per heavy atom. The van der Waals surface area contributed by atoms with Gasteiger partial charge in [0, 0.05) is 31.2 Å². The zero-order chi connectivity index (χ0) is 21.0. The highest BCUT2D eigenvalue weighted by molar-refractivity contribution is 5.98. The number of ether oxygens (including phenoxy) is 2. The van der Waals surface area contributed by atoms with E-state index in [9.17, 15) is 4.79 Å². The molecular formula is C24H24N4O3. The summed E-state index contributed by atoms with van der Waals surface area (Å²) in [6.07, 6.45) is 3.38. The van der Waals surface area contributed by atoms with Gasteiger partial charge in [0.05, 0.1) is 31.9 Å². The molecule has 1 fully saturated rings. The molecule has 7 nitrogen and oxygen atoms in total. The molecule has 1 aromatic heterocycles. The van der Waals surface area contributed by atoms with Crippen LogP contribution in [0, 0.1) is 0 Å². The second kappa shape index (κ2) is 8.73. The highest BCUT2D eigenvalue weighted by Crippen LogP contribution is 2.30. The SMILES string of the molecule is O=C1c2cc(-c3ccc(N4CCOCC4)cc3)ccc2OCCN1Cc1ncccn1. The average Bonchev–Trinajstić information content (AvgIpc) is 2.99. The van der Waals surface area contributed by atoms with Crippen LogP contribution in [-0.2, 0) is 11.3 Å². The Balaban J connectivity index is 1.39. The lowest BCUT2D eigenvalue weighted by molar-refractivity contribution is 0.0738. The molecule has 7 heteroatoms. The summed E-state index contributed by atoms with van der Waals surface area (Å²) < 4.78 is 11.3. The van der Waals surface area contributed by atoms with Crippen molar-refractivity contribution >= 4 is 11.6 Å². The molecule has 0 N–H and O–H groups in total. The van der Waals surface area contributed by atoms with Crippen LogP contribution in [-0.4, -0.2) is 60.2 Å². The Labute approximate surface area is 181 Å². The number of amides is 1. The fourth-order valence-corrected chi connectivity index (χ4v) is 3.96. The number of morpholine rings is 1. The summed E-state index contributed by atoms with van der Waals surface area (Å²) in [5.74, 6) is 1.18. The summed E-state index contributed by atoms with van der Waals surface area (Å²) in [7, 11) is 0. The number of nitrogens with zero attached hydrogens (tertiary/aromatic N) is 4. The van der Waals surface area contributed by atoms with E-state index in [1.807, 2.05) is 18.2 Å². The molecule has 0 saturated carbocycles. The minimum absolute atomic E-state index is 0.0632. The van der Waals surface area contributed by atoms with Crippen molar-refractivity contribution in [2.24, 2.45) is 0 Å². The molecule has 0 bridgehead atoms. The molecule has 3 heterocycles. The number of hydrogen-bond donors (Lipinski definition) is 0. The zero-order valence-corrected chi connectivity index (χ0v) is 17.2. The molecule has 0 radical (unpaired) electrons. The molecule has 0 aliphatic carbocycles. The molecule has 0 spiro atoms. The van der Waals surface area contributed by atoms with E-state index in [2.05, 4.69) is 39.1 Å². The first-order valence-electron chi connectivity index (χ1n) is 10.5. The van der Waals surface area contributed by atoms with E-state index in [1.54, 1.807) is 23.4 Å². The fourth-order valence-electron chi connectivity index (χ4n) is 3.96. The first kappa shape index (κ1) is 19.5. The zero-order valence-electron chi connectivity index (χ0n) is 17.2. The molecule has 158 valence electrons. The average molecular weight is 416 g/mol. The summed E-state index contributed by atoms with van der Waals surface area (Å²) >= 11 is 0. The maximum Gasteiger partial charge on any atom is 0.258 e. The van der Waals surface area contributed by atoms with Gasteiger partial charge in [0.1, 0.15) is 18.2 Å². The predicted octanol–water partition coefficient (Wildman–Crippen LogP) is 3.02. The molecule has 0 unspecified atom stereocenters. The number of aromatic nitrogens is 2. The van der Waals surface area contributed by atoms with E-state index in [1.165, 1.54) is 5.69 Å². The van der Waals surface area contributed by atoms with Crippen molar-refractivity contribution in [1.82, 2.24) is 14.9 Å². The molecular weight excluding hydrogens is 392 g/mol. The van der Waals surface area contributed by atoms with Crippen LogP contribution in [0.5, 0.6) is 5.75 Å². The third-order valence-electron chi connectivity index (χ3n) is 5.64. The van der Waals surface area contributed by atoms with Crippen LogP contribution in [0.1, 0.15) is 16.2 Å².